The minimum atomic E-state index is -0.395. The molecule has 1 rings (SSSR count). The molecule has 0 aliphatic carbocycles. The summed E-state index contributed by atoms with van der Waals surface area (Å²) in [5.41, 5.74) is 0.742. The highest BCUT2D eigenvalue weighted by Crippen LogP contribution is 2.34. The molecule has 0 N–H and O–H groups in total. The lowest BCUT2D eigenvalue weighted by Crippen LogP contribution is -2.16. The number of ketones is 2. The molecule has 1 aromatic carbocycles. The van der Waals surface area contributed by atoms with Gasteiger partial charge >= 0.3 is 5.97 Å². The summed E-state index contributed by atoms with van der Waals surface area (Å²) in [6.07, 6.45) is 0.0190. The molecule has 1 atom stereocenters. The van der Waals surface area contributed by atoms with Gasteiger partial charge in [-0.05, 0) is 37.6 Å². The van der Waals surface area contributed by atoms with E-state index in [4.69, 9.17) is 9.47 Å². The van der Waals surface area contributed by atoms with E-state index in [2.05, 4.69) is 15.9 Å². The summed E-state index contributed by atoms with van der Waals surface area (Å²) < 4.78 is 11.1. The van der Waals surface area contributed by atoms with E-state index in [-0.39, 0.29) is 43.4 Å². The molecule has 23 heavy (non-hydrogen) atoms. The fraction of sp³-hybridized carbons (Fsp3) is 0.471. The topological polar surface area (TPSA) is 69.7 Å². The first kappa shape index (κ1) is 19.4. The number of carbonyl (C=O) groups excluding carboxylic acids is 3. The Labute approximate surface area is 144 Å². The zero-order chi connectivity index (χ0) is 17.4. The van der Waals surface area contributed by atoms with Crippen molar-refractivity contribution in [3.05, 3.63) is 28.2 Å². The van der Waals surface area contributed by atoms with Crippen LogP contribution in [0.15, 0.2) is 22.7 Å². The number of hydrogen-bond acceptors (Lipinski definition) is 5. The Kier molecular flexibility index (Phi) is 7.95. The van der Waals surface area contributed by atoms with Gasteiger partial charge in [-0.15, -0.1) is 0 Å². The molecular formula is C17H21BrO5. The number of rotatable bonds is 9. The first-order valence-corrected chi connectivity index (χ1v) is 8.16. The molecule has 0 radical (unpaired) electrons. The van der Waals surface area contributed by atoms with Crippen LogP contribution in [0.3, 0.4) is 0 Å². The molecule has 1 aromatic rings. The molecule has 0 spiro atoms. The maximum absolute atomic E-state index is 12.0. The molecule has 0 aliphatic heterocycles. The second-order valence-electron chi connectivity index (χ2n) is 5.21. The molecule has 0 aliphatic rings. The maximum Gasteiger partial charge on any atom is 0.306 e. The molecule has 0 fully saturated rings. The standard InChI is InChI=1S/C17H21BrO5/c1-4-23-17(21)9-12(8-14(20)7-11(2)19)15-10-13(18)5-6-16(15)22-3/h5-6,10,12H,4,7-9H2,1-3H3. The van der Waals surface area contributed by atoms with Gasteiger partial charge in [-0.25, -0.2) is 0 Å². The summed E-state index contributed by atoms with van der Waals surface area (Å²) in [5, 5.41) is 0. The Balaban J connectivity index is 3.07. The Morgan fingerprint density at radius 3 is 2.48 bits per heavy atom. The van der Waals surface area contributed by atoms with Crippen molar-refractivity contribution >= 4 is 33.5 Å². The van der Waals surface area contributed by atoms with E-state index >= 15 is 0 Å². The summed E-state index contributed by atoms with van der Waals surface area (Å²) in [7, 11) is 1.53. The lowest BCUT2D eigenvalue weighted by atomic mass is 9.89. The van der Waals surface area contributed by atoms with Crippen LogP contribution in [0.4, 0.5) is 0 Å². The third kappa shape index (κ3) is 6.52. The predicted octanol–water partition coefficient (Wildman–Crippen LogP) is 3.43. The molecule has 0 heterocycles. The second-order valence-corrected chi connectivity index (χ2v) is 6.13. The molecule has 0 bridgehead atoms. The molecular weight excluding hydrogens is 364 g/mol. The highest BCUT2D eigenvalue weighted by molar-refractivity contribution is 9.10. The molecule has 5 nitrogen and oxygen atoms in total. The number of esters is 1. The van der Waals surface area contributed by atoms with Crippen LogP contribution in [0, 0.1) is 0 Å². The van der Waals surface area contributed by atoms with E-state index in [1.54, 1.807) is 13.0 Å². The molecule has 0 amide bonds. The third-order valence-electron chi connectivity index (χ3n) is 3.27. The highest BCUT2D eigenvalue weighted by atomic mass is 79.9. The van der Waals surface area contributed by atoms with Crippen molar-refractivity contribution < 1.29 is 23.9 Å². The number of benzene rings is 1. The summed E-state index contributed by atoms with van der Waals surface area (Å²) >= 11 is 3.39. The van der Waals surface area contributed by atoms with Crippen molar-refractivity contribution in [1.82, 2.24) is 0 Å². The molecule has 0 aromatic heterocycles. The lowest BCUT2D eigenvalue weighted by molar-refractivity contribution is -0.143. The van der Waals surface area contributed by atoms with Gasteiger partial charge < -0.3 is 9.47 Å². The van der Waals surface area contributed by atoms with Crippen LogP contribution in [0.1, 0.15) is 44.6 Å². The smallest absolute Gasteiger partial charge is 0.306 e. The summed E-state index contributed by atoms with van der Waals surface area (Å²) in [6.45, 7) is 3.38. The van der Waals surface area contributed by atoms with Gasteiger partial charge in [0.2, 0.25) is 0 Å². The van der Waals surface area contributed by atoms with Crippen LogP contribution in [0.2, 0.25) is 0 Å². The van der Waals surface area contributed by atoms with E-state index in [0.29, 0.717) is 5.75 Å². The second kappa shape index (κ2) is 9.45. The highest BCUT2D eigenvalue weighted by Gasteiger charge is 2.24. The Hall–Kier alpha value is -1.69. The maximum atomic E-state index is 12.0. The average molecular weight is 385 g/mol. The van der Waals surface area contributed by atoms with Gasteiger partial charge in [0.15, 0.2) is 0 Å². The van der Waals surface area contributed by atoms with Crippen LogP contribution in [0.5, 0.6) is 5.75 Å². The van der Waals surface area contributed by atoms with Gasteiger partial charge in [0.05, 0.1) is 26.6 Å². The normalized spacial score (nSPS) is 11.7. The first-order valence-electron chi connectivity index (χ1n) is 7.37. The van der Waals surface area contributed by atoms with Crippen molar-refractivity contribution in [3.8, 4) is 5.75 Å². The van der Waals surface area contributed by atoms with Gasteiger partial charge in [-0.2, -0.15) is 0 Å². The molecule has 0 saturated carbocycles. The Bertz CT molecular complexity index is 582. The quantitative estimate of drug-likeness (QED) is 0.481. The van der Waals surface area contributed by atoms with E-state index in [0.717, 1.165) is 10.0 Å². The number of hydrogen-bond donors (Lipinski definition) is 0. The fourth-order valence-electron chi connectivity index (χ4n) is 2.36. The van der Waals surface area contributed by atoms with Gasteiger partial charge in [-0.1, -0.05) is 15.9 Å². The van der Waals surface area contributed by atoms with E-state index in [9.17, 15) is 14.4 Å². The third-order valence-corrected chi connectivity index (χ3v) is 3.76. The molecule has 126 valence electrons. The lowest BCUT2D eigenvalue weighted by Gasteiger charge is -2.19. The number of ether oxygens (including phenoxy) is 2. The Morgan fingerprint density at radius 2 is 1.91 bits per heavy atom. The largest absolute Gasteiger partial charge is 0.496 e. The van der Waals surface area contributed by atoms with Crippen LogP contribution in [-0.4, -0.2) is 31.3 Å². The van der Waals surface area contributed by atoms with Gasteiger partial charge in [-0.3, -0.25) is 14.4 Å². The first-order chi connectivity index (χ1) is 10.9. The van der Waals surface area contributed by atoms with E-state index < -0.39 is 5.92 Å². The van der Waals surface area contributed by atoms with Crippen LogP contribution in [-0.2, 0) is 19.1 Å². The SMILES string of the molecule is CCOC(=O)CC(CC(=O)CC(C)=O)c1cc(Br)ccc1OC. The van der Waals surface area contributed by atoms with Gasteiger partial charge in [0, 0.05) is 16.8 Å². The van der Waals surface area contributed by atoms with Crippen LogP contribution in [0.25, 0.3) is 0 Å². The van der Waals surface area contributed by atoms with E-state index in [1.807, 2.05) is 12.1 Å². The van der Waals surface area contributed by atoms with E-state index in [1.165, 1.54) is 14.0 Å². The van der Waals surface area contributed by atoms with Crippen molar-refractivity contribution in [2.24, 2.45) is 0 Å². The predicted molar refractivity (Wildman–Crippen MR) is 89.6 cm³/mol. The van der Waals surface area contributed by atoms with Crippen molar-refractivity contribution in [2.45, 2.75) is 39.0 Å². The zero-order valence-corrected chi connectivity index (χ0v) is 15.1. The van der Waals surface area contributed by atoms with Crippen molar-refractivity contribution in [3.63, 3.8) is 0 Å². The number of Topliss-reactive ketones (excluding diaryl/α,β-unsaturated/α-hetero) is 2. The Morgan fingerprint density at radius 1 is 1.22 bits per heavy atom. The zero-order valence-electron chi connectivity index (χ0n) is 13.6. The van der Waals surface area contributed by atoms with Crippen LogP contribution < -0.4 is 4.74 Å². The summed E-state index contributed by atoms with van der Waals surface area (Å²) in [6, 6.07) is 5.41. The van der Waals surface area contributed by atoms with Gasteiger partial charge in [0.25, 0.3) is 0 Å². The van der Waals surface area contributed by atoms with Crippen molar-refractivity contribution in [2.75, 3.05) is 13.7 Å². The van der Waals surface area contributed by atoms with Crippen LogP contribution >= 0.6 is 15.9 Å². The molecule has 6 heteroatoms. The van der Waals surface area contributed by atoms with Gasteiger partial charge in [0.1, 0.15) is 17.3 Å². The fourth-order valence-corrected chi connectivity index (χ4v) is 2.74. The summed E-state index contributed by atoms with van der Waals surface area (Å²) in [5.74, 6) is -0.568. The minimum Gasteiger partial charge on any atom is -0.496 e. The number of methoxy groups -OCH3 is 1. The molecule has 1 unspecified atom stereocenters. The monoisotopic (exact) mass is 384 g/mol. The summed E-state index contributed by atoms with van der Waals surface area (Å²) in [4.78, 5) is 35.0. The molecule has 0 saturated heterocycles. The minimum absolute atomic E-state index is 0.0598. The average Bonchev–Trinajstić information content (AvgIpc) is 2.45. The number of carbonyl (C=O) groups is 3. The number of halogens is 1. The van der Waals surface area contributed by atoms with Crippen molar-refractivity contribution in [1.29, 1.82) is 0 Å².